The first-order valence-electron chi connectivity index (χ1n) is 6.98. The molecule has 1 atom stereocenters. The summed E-state index contributed by atoms with van der Waals surface area (Å²) >= 11 is 5.96. The average Bonchev–Trinajstić information content (AvgIpc) is 2.48. The third kappa shape index (κ3) is 4.11. The first-order chi connectivity index (χ1) is 9.97. The van der Waals surface area contributed by atoms with E-state index in [4.69, 9.17) is 16.7 Å². The normalized spacial score (nSPS) is 18.4. The number of aryl methyl sites for hydroxylation is 1. The number of carbonyl (C=O) groups is 2. The molecular weight excluding hydrogens is 292 g/mol. The highest BCUT2D eigenvalue weighted by Crippen LogP contribution is 2.18. The average molecular weight is 311 g/mol. The molecule has 2 N–H and O–H groups in total. The largest absolute Gasteiger partial charge is 0.481 e. The van der Waals surface area contributed by atoms with Crippen molar-refractivity contribution in [1.82, 2.24) is 10.2 Å². The number of aliphatic carboxylic acids is 1. The van der Waals surface area contributed by atoms with Gasteiger partial charge in [-0.05, 0) is 37.0 Å². The van der Waals surface area contributed by atoms with Crippen molar-refractivity contribution in [3.8, 4) is 0 Å². The summed E-state index contributed by atoms with van der Waals surface area (Å²) in [6.45, 7) is 3.21. The van der Waals surface area contributed by atoms with Gasteiger partial charge in [-0.15, -0.1) is 0 Å². The molecule has 0 spiro atoms. The van der Waals surface area contributed by atoms with Gasteiger partial charge in [0.05, 0.1) is 5.92 Å². The molecule has 0 saturated carbocycles. The summed E-state index contributed by atoms with van der Waals surface area (Å²) in [5, 5.41) is 12.6. The van der Waals surface area contributed by atoms with Gasteiger partial charge in [-0.2, -0.15) is 0 Å². The van der Waals surface area contributed by atoms with Crippen LogP contribution in [0.15, 0.2) is 18.2 Å². The number of carboxylic acids is 1. The summed E-state index contributed by atoms with van der Waals surface area (Å²) < 4.78 is 0. The molecule has 1 aliphatic rings. The van der Waals surface area contributed by atoms with E-state index in [1.807, 2.05) is 19.1 Å². The maximum atomic E-state index is 12.1. The maximum Gasteiger partial charge on any atom is 0.317 e. The molecule has 114 valence electrons. The molecule has 0 aromatic heterocycles. The zero-order valence-electron chi connectivity index (χ0n) is 11.9. The van der Waals surface area contributed by atoms with E-state index in [1.165, 1.54) is 0 Å². The first kappa shape index (κ1) is 15.6. The Kier molecular flexibility index (Phi) is 5.07. The van der Waals surface area contributed by atoms with Gasteiger partial charge in [0, 0.05) is 24.7 Å². The summed E-state index contributed by atoms with van der Waals surface area (Å²) in [6, 6.07) is 5.39. The van der Waals surface area contributed by atoms with Crippen molar-refractivity contribution in [2.45, 2.75) is 26.3 Å². The molecule has 6 heteroatoms. The van der Waals surface area contributed by atoms with Crippen LogP contribution in [0.2, 0.25) is 5.02 Å². The number of hydrogen-bond acceptors (Lipinski definition) is 2. The molecule has 1 saturated heterocycles. The van der Waals surface area contributed by atoms with Crippen molar-refractivity contribution in [2.24, 2.45) is 5.92 Å². The first-order valence-corrected chi connectivity index (χ1v) is 7.36. The van der Waals surface area contributed by atoms with Crippen molar-refractivity contribution in [3.05, 3.63) is 34.3 Å². The van der Waals surface area contributed by atoms with Crippen LogP contribution >= 0.6 is 11.6 Å². The number of hydrogen-bond donors (Lipinski definition) is 2. The van der Waals surface area contributed by atoms with Crippen LogP contribution in [0.4, 0.5) is 4.79 Å². The number of rotatable bonds is 3. The topological polar surface area (TPSA) is 69.6 Å². The van der Waals surface area contributed by atoms with Gasteiger partial charge in [-0.1, -0.05) is 23.7 Å². The second-order valence-electron chi connectivity index (χ2n) is 5.37. The van der Waals surface area contributed by atoms with Gasteiger partial charge in [-0.3, -0.25) is 4.79 Å². The van der Waals surface area contributed by atoms with E-state index in [0.717, 1.165) is 17.5 Å². The number of carboxylic acid groups (broad SMARTS) is 1. The molecule has 1 heterocycles. The molecule has 0 aliphatic carbocycles. The Morgan fingerprint density at radius 2 is 2.24 bits per heavy atom. The number of halogens is 1. The second-order valence-corrected chi connectivity index (χ2v) is 5.77. The molecule has 1 fully saturated rings. The molecule has 2 amide bonds. The molecule has 1 unspecified atom stereocenters. The van der Waals surface area contributed by atoms with Crippen molar-refractivity contribution >= 4 is 23.6 Å². The maximum absolute atomic E-state index is 12.1. The molecule has 2 rings (SSSR count). The highest BCUT2D eigenvalue weighted by atomic mass is 35.5. The number of carbonyl (C=O) groups excluding carboxylic acids is 1. The van der Waals surface area contributed by atoms with Gasteiger partial charge in [0.25, 0.3) is 0 Å². The monoisotopic (exact) mass is 310 g/mol. The standard InChI is InChI=1S/C15H19ClN2O3/c1-10-7-11(4-5-13(10)16)8-17-15(21)18-6-2-3-12(9-18)14(19)20/h4-5,7,12H,2-3,6,8-9H2,1H3,(H,17,21)(H,19,20). The molecule has 1 aliphatic heterocycles. The Morgan fingerprint density at radius 1 is 1.48 bits per heavy atom. The molecule has 1 aromatic rings. The fraction of sp³-hybridized carbons (Fsp3) is 0.467. The molecular formula is C15H19ClN2O3. The highest BCUT2D eigenvalue weighted by Gasteiger charge is 2.27. The van der Waals surface area contributed by atoms with Gasteiger partial charge < -0.3 is 15.3 Å². The second kappa shape index (κ2) is 6.80. The number of benzene rings is 1. The van der Waals surface area contributed by atoms with Gasteiger partial charge in [-0.25, -0.2) is 4.79 Å². The highest BCUT2D eigenvalue weighted by molar-refractivity contribution is 6.31. The summed E-state index contributed by atoms with van der Waals surface area (Å²) in [6.07, 6.45) is 1.36. The van der Waals surface area contributed by atoms with Crippen LogP contribution in [0.5, 0.6) is 0 Å². The number of piperidine rings is 1. The van der Waals surface area contributed by atoms with Crippen LogP contribution in [0, 0.1) is 12.8 Å². The Hall–Kier alpha value is -1.75. The fourth-order valence-corrected chi connectivity index (χ4v) is 2.59. The predicted molar refractivity (Wildman–Crippen MR) is 80.4 cm³/mol. The molecule has 1 aromatic carbocycles. The van der Waals surface area contributed by atoms with Crippen LogP contribution in [0.3, 0.4) is 0 Å². The minimum Gasteiger partial charge on any atom is -0.481 e. The number of amides is 2. The lowest BCUT2D eigenvalue weighted by Gasteiger charge is -2.30. The lowest BCUT2D eigenvalue weighted by molar-refractivity contribution is -0.143. The number of nitrogens with one attached hydrogen (secondary N) is 1. The van der Waals surface area contributed by atoms with Gasteiger partial charge in [0.2, 0.25) is 0 Å². The van der Waals surface area contributed by atoms with Crippen molar-refractivity contribution in [1.29, 1.82) is 0 Å². The zero-order chi connectivity index (χ0) is 15.4. The third-order valence-electron chi connectivity index (χ3n) is 3.72. The fourth-order valence-electron chi connectivity index (χ4n) is 2.47. The van der Waals surface area contributed by atoms with Crippen LogP contribution in [0.1, 0.15) is 24.0 Å². The lowest BCUT2D eigenvalue weighted by atomic mass is 9.99. The van der Waals surface area contributed by atoms with Gasteiger partial charge in [0.15, 0.2) is 0 Å². The predicted octanol–water partition coefficient (Wildman–Crippen LogP) is 2.65. The van der Waals surface area contributed by atoms with Crippen molar-refractivity contribution in [2.75, 3.05) is 13.1 Å². The Balaban J connectivity index is 1.89. The van der Waals surface area contributed by atoms with Crippen LogP contribution in [0.25, 0.3) is 0 Å². The minimum atomic E-state index is -0.833. The Morgan fingerprint density at radius 3 is 2.90 bits per heavy atom. The van der Waals surface area contributed by atoms with E-state index in [-0.39, 0.29) is 12.6 Å². The quantitative estimate of drug-likeness (QED) is 0.901. The Labute approximate surface area is 128 Å². The van der Waals surface area contributed by atoms with E-state index in [2.05, 4.69) is 5.32 Å². The summed E-state index contributed by atoms with van der Waals surface area (Å²) in [5.41, 5.74) is 1.93. The molecule has 21 heavy (non-hydrogen) atoms. The summed E-state index contributed by atoms with van der Waals surface area (Å²) in [4.78, 5) is 24.7. The molecule has 5 nitrogen and oxygen atoms in total. The summed E-state index contributed by atoms with van der Waals surface area (Å²) in [7, 11) is 0. The smallest absolute Gasteiger partial charge is 0.317 e. The van der Waals surface area contributed by atoms with Gasteiger partial charge >= 0.3 is 12.0 Å². The number of likely N-dealkylation sites (tertiary alicyclic amines) is 1. The lowest BCUT2D eigenvalue weighted by Crippen LogP contribution is -2.46. The minimum absolute atomic E-state index is 0.214. The van der Waals surface area contributed by atoms with Crippen LogP contribution in [-0.4, -0.2) is 35.1 Å². The van der Waals surface area contributed by atoms with E-state index in [0.29, 0.717) is 24.5 Å². The van der Waals surface area contributed by atoms with Crippen LogP contribution < -0.4 is 5.32 Å². The third-order valence-corrected chi connectivity index (χ3v) is 4.15. The Bertz CT molecular complexity index is 548. The van der Waals surface area contributed by atoms with Crippen molar-refractivity contribution < 1.29 is 14.7 Å². The van der Waals surface area contributed by atoms with E-state index < -0.39 is 11.9 Å². The van der Waals surface area contributed by atoms with E-state index in [9.17, 15) is 9.59 Å². The SMILES string of the molecule is Cc1cc(CNC(=O)N2CCCC(C(=O)O)C2)ccc1Cl. The number of urea groups is 1. The number of nitrogens with zero attached hydrogens (tertiary/aromatic N) is 1. The molecule has 0 radical (unpaired) electrons. The van der Waals surface area contributed by atoms with E-state index in [1.54, 1.807) is 11.0 Å². The summed E-state index contributed by atoms with van der Waals surface area (Å²) in [5.74, 6) is -1.29. The van der Waals surface area contributed by atoms with E-state index >= 15 is 0 Å². The van der Waals surface area contributed by atoms with Gasteiger partial charge in [0.1, 0.15) is 0 Å². The van der Waals surface area contributed by atoms with Crippen LogP contribution in [-0.2, 0) is 11.3 Å². The zero-order valence-corrected chi connectivity index (χ0v) is 12.7. The molecule has 0 bridgehead atoms. The van der Waals surface area contributed by atoms with Crippen molar-refractivity contribution in [3.63, 3.8) is 0 Å².